The number of primary amides is 1. The van der Waals surface area contributed by atoms with E-state index in [-0.39, 0.29) is 95.7 Å². The highest BCUT2D eigenvalue weighted by Gasteiger charge is 2.37. The van der Waals surface area contributed by atoms with Crippen molar-refractivity contribution in [1.82, 2.24) is 26.2 Å². The van der Waals surface area contributed by atoms with Gasteiger partial charge in [-0.15, -0.1) is 0 Å². The molecule has 462 valence electrons. The molecule has 23 heteroatoms. The Morgan fingerprint density at radius 3 is 1.46 bits per heavy atom. The monoisotopic (exact) mass is 1170 g/mol. The Morgan fingerprint density at radius 1 is 0.655 bits per heavy atom. The predicted molar refractivity (Wildman–Crippen MR) is 312 cm³/mol. The topological polar surface area (TPSA) is 336 Å². The van der Waals surface area contributed by atoms with E-state index in [4.69, 9.17) is 35.3 Å². The summed E-state index contributed by atoms with van der Waals surface area (Å²) in [5.41, 5.74) is 6.69. The molecule has 0 fully saturated rings. The lowest BCUT2D eigenvalue weighted by molar-refractivity contribution is -0.151. The Morgan fingerprint density at radius 2 is 1.07 bits per heavy atom. The van der Waals surface area contributed by atoms with Crippen LogP contribution < -0.4 is 32.9 Å². The highest BCUT2D eigenvalue weighted by molar-refractivity contribution is 6.24. The average molecular weight is 1170 g/mol. The van der Waals surface area contributed by atoms with Crippen LogP contribution in [0.3, 0.4) is 0 Å². The van der Waals surface area contributed by atoms with Crippen LogP contribution >= 0.6 is 0 Å². The number of nitrogens with one attached hydrogen (secondary N) is 4. The number of ether oxygens (including phenoxy) is 5. The minimum absolute atomic E-state index is 0.0422. The van der Waals surface area contributed by atoms with Crippen molar-refractivity contribution in [2.24, 2.45) is 41.2 Å². The fraction of sp³-hybridized carbons (Fsp3) is 0.541. The molecule has 2 aliphatic heterocycles. The smallest absolute Gasteiger partial charge is 0.405 e. The number of aliphatic hydroxyl groups excluding tert-OH is 2. The summed E-state index contributed by atoms with van der Waals surface area (Å²) in [6.45, 7) is 14.6. The molecule has 12 atom stereocenters. The molecule has 3 amide bonds. The minimum atomic E-state index is -1.08. The van der Waals surface area contributed by atoms with Gasteiger partial charge in [0, 0.05) is 101 Å². The van der Waals surface area contributed by atoms with Crippen LogP contribution in [0.15, 0.2) is 117 Å². The number of ketones is 4. The van der Waals surface area contributed by atoms with Gasteiger partial charge in [0.05, 0.1) is 53.3 Å². The van der Waals surface area contributed by atoms with Gasteiger partial charge >= 0.3 is 12.1 Å². The molecule has 2 heterocycles. The molecule has 23 nitrogen and oxygen atoms in total. The summed E-state index contributed by atoms with van der Waals surface area (Å²) in [6.07, 6.45) is 7.78. The molecule has 0 aromatic heterocycles. The molecule has 2 aliphatic carbocycles. The van der Waals surface area contributed by atoms with Gasteiger partial charge in [0.25, 0.3) is 11.8 Å². The van der Waals surface area contributed by atoms with Crippen molar-refractivity contribution in [1.29, 1.82) is 0 Å². The highest BCUT2D eigenvalue weighted by atomic mass is 16.7. The number of rotatable bonds is 14. The first-order chi connectivity index (χ1) is 39.7. The van der Waals surface area contributed by atoms with Crippen LogP contribution in [0, 0.1) is 29.6 Å². The molecule has 0 saturated heterocycles. The number of amides is 3. The molecule has 0 aromatic carbocycles. The lowest BCUT2D eigenvalue weighted by Gasteiger charge is -2.30. The second-order valence-corrected chi connectivity index (χ2v) is 22.1. The first kappa shape index (κ1) is 69.5. The van der Waals surface area contributed by atoms with Crippen LogP contribution in [0.2, 0.25) is 0 Å². The van der Waals surface area contributed by atoms with Crippen molar-refractivity contribution >= 4 is 47.0 Å². The van der Waals surface area contributed by atoms with E-state index < -0.39 is 107 Å². The van der Waals surface area contributed by atoms with Gasteiger partial charge < -0.3 is 70.6 Å². The van der Waals surface area contributed by atoms with Crippen LogP contribution in [-0.4, -0.2) is 167 Å². The number of carbonyl (C=O) groups excluding carboxylic acids is 8. The molecule has 0 spiro atoms. The van der Waals surface area contributed by atoms with Gasteiger partial charge in [0.2, 0.25) is 23.1 Å². The van der Waals surface area contributed by atoms with Crippen LogP contribution in [0.1, 0.15) is 81.1 Å². The lowest BCUT2D eigenvalue weighted by Crippen LogP contribution is -2.40. The fourth-order valence-corrected chi connectivity index (χ4v) is 10.6. The van der Waals surface area contributed by atoms with Crippen molar-refractivity contribution in [2.75, 3.05) is 61.7 Å². The average Bonchev–Trinajstić information content (AvgIpc) is 3.62. The lowest BCUT2D eigenvalue weighted by atomic mass is 9.84. The molecule has 12 unspecified atom stereocenters. The summed E-state index contributed by atoms with van der Waals surface area (Å²) in [5, 5.41) is 34.7. The van der Waals surface area contributed by atoms with Crippen LogP contribution in [0.4, 0.5) is 4.79 Å². The first-order valence-electron chi connectivity index (χ1n) is 28.0. The zero-order valence-electron chi connectivity index (χ0n) is 50.6. The summed E-state index contributed by atoms with van der Waals surface area (Å²) in [5.74, 6) is -1.85. The Balaban J connectivity index is 1.59. The number of carbonyl (C=O) groups is 8. The van der Waals surface area contributed by atoms with Crippen molar-refractivity contribution in [3.8, 4) is 0 Å². The Bertz CT molecular complexity index is 2790. The molecule has 10 N–H and O–H groups in total. The standard InChI is InChI=1S/C61H87N7O16/c1-32-24-40-51(44(69)30-42(55(40)73)66-58(75)34(3)16-14-18-46(79-10)50(60(77)84-63)36(5)28-37(6)53(71)48(26-32)81-12)64-20-22-68(9)23-21-65-52-41-25-33(2)27-49(82-13)54(72)38(7)29-39(8)57(83-61(62)78)47(80-11)19-15-17-35(4)59(76)67-43(56(41)74)31-45(52)70/h14-19,28-33,37-38,46-50,53-54,57,64-65,71-72H,20-27,63H2,1-13H3,(H2,62,78)(H,66,75)(H,67,76)/b18-14-,19-15-,34-16+,35-17+,36-28+,39-29+. The van der Waals surface area contributed by atoms with E-state index >= 15 is 0 Å². The highest BCUT2D eigenvalue weighted by Crippen LogP contribution is 2.32. The third-order valence-electron chi connectivity index (χ3n) is 15.4. The Kier molecular flexibility index (Phi) is 27.3. The zero-order chi connectivity index (χ0) is 62.7. The third-order valence-corrected chi connectivity index (χ3v) is 15.4. The number of hydrogen-bond donors (Lipinski definition) is 8. The summed E-state index contributed by atoms with van der Waals surface area (Å²) in [6, 6.07) is 0. The molecule has 4 rings (SSSR count). The molecular weight excluding hydrogens is 1090 g/mol. The maximum Gasteiger partial charge on any atom is 0.405 e. The van der Waals surface area contributed by atoms with E-state index in [0.29, 0.717) is 24.2 Å². The number of allylic oxidation sites excluding steroid dienone is 8. The first-order valence-corrected chi connectivity index (χ1v) is 28.0. The second-order valence-electron chi connectivity index (χ2n) is 22.1. The minimum Gasteiger partial charge on any atom is -0.439 e. The van der Waals surface area contributed by atoms with Crippen molar-refractivity contribution < 1.29 is 77.1 Å². The molecule has 4 bridgehead atoms. The van der Waals surface area contributed by atoms with E-state index in [9.17, 15) is 48.6 Å². The maximum absolute atomic E-state index is 14.4. The summed E-state index contributed by atoms with van der Waals surface area (Å²) < 4.78 is 28.3. The van der Waals surface area contributed by atoms with E-state index in [0.717, 1.165) is 12.2 Å². The summed E-state index contributed by atoms with van der Waals surface area (Å²) in [4.78, 5) is 115. The van der Waals surface area contributed by atoms with E-state index in [1.54, 1.807) is 53.0 Å². The Labute approximate surface area is 492 Å². The number of nitrogens with two attached hydrogens (primary N) is 2. The number of methoxy groups -OCH3 is 4. The number of Topliss-reactive ketones (excluding diaryl/α,β-unsaturated/α-hetero) is 2. The third kappa shape index (κ3) is 19.0. The molecule has 0 saturated carbocycles. The number of aliphatic hydroxyl groups is 2. The normalized spacial score (nSPS) is 32.0. The van der Waals surface area contributed by atoms with E-state index in [2.05, 4.69) is 26.1 Å². The van der Waals surface area contributed by atoms with Gasteiger partial charge in [-0.3, -0.25) is 28.8 Å². The number of nitrogens with zero attached hydrogens (tertiary/aromatic N) is 1. The van der Waals surface area contributed by atoms with Gasteiger partial charge in [0.1, 0.15) is 12.0 Å². The van der Waals surface area contributed by atoms with Gasteiger partial charge in [-0.25, -0.2) is 9.59 Å². The van der Waals surface area contributed by atoms with Crippen LogP contribution in [0.25, 0.3) is 0 Å². The van der Waals surface area contributed by atoms with Crippen LogP contribution in [0.5, 0.6) is 0 Å². The van der Waals surface area contributed by atoms with Crippen molar-refractivity contribution in [2.45, 2.75) is 124 Å². The van der Waals surface area contributed by atoms with Crippen molar-refractivity contribution in [3.63, 3.8) is 0 Å². The second kappa shape index (κ2) is 32.9. The quantitative estimate of drug-likeness (QED) is 0.0703. The molecular formula is C61H87N7O16. The van der Waals surface area contributed by atoms with Gasteiger partial charge in [0.15, 0.2) is 6.10 Å². The molecule has 0 aromatic rings. The molecule has 84 heavy (non-hydrogen) atoms. The summed E-state index contributed by atoms with van der Waals surface area (Å²) in [7, 11) is 7.52. The number of likely N-dealkylation sites (N-methyl/N-ethyl adjacent to an activating group) is 1. The van der Waals surface area contributed by atoms with Gasteiger partial charge in [-0.2, -0.15) is 5.90 Å². The summed E-state index contributed by atoms with van der Waals surface area (Å²) >= 11 is 0. The maximum atomic E-state index is 14.4. The Hall–Kier alpha value is -6.96. The largest absolute Gasteiger partial charge is 0.439 e. The van der Waals surface area contributed by atoms with E-state index in [1.165, 1.54) is 72.7 Å². The fourth-order valence-electron chi connectivity index (χ4n) is 10.6. The molecule has 4 aliphatic rings. The predicted octanol–water partition coefficient (Wildman–Crippen LogP) is 3.22. The number of hydrogen-bond acceptors (Lipinski definition) is 20. The molecule has 0 radical (unpaired) electrons. The van der Waals surface area contributed by atoms with Gasteiger partial charge in [-0.1, -0.05) is 81.9 Å². The van der Waals surface area contributed by atoms with Crippen molar-refractivity contribution in [3.05, 3.63) is 117 Å². The SMILES string of the molecule is COC1/C=C\C=C(/C)C(=O)NC2=CC(=O)C(NCCN(C)CCNC3=C4CC(C)CC(OC)C(O)C(C)/C=C(\C)C(C(=O)ON)C(OC)/C=C\C=C(/C)C(=O)NC(=CC3=O)C4=O)=C(CC(C)CC(OC)C(O)C(C)/C=C(\C)C1OC(N)=O)C2=O. The zero-order valence-corrected chi connectivity index (χ0v) is 50.6. The van der Waals surface area contributed by atoms with Crippen LogP contribution in [-0.2, 0) is 62.1 Å². The number of fused-ring (bicyclic) bond motifs is 4. The van der Waals surface area contributed by atoms with E-state index in [1.807, 2.05) is 18.7 Å². The van der Waals surface area contributed by atoms with Gasteiger partial charge in [-0.05, 0) is 77.8 Å².